The quantitative estimate of drug-likeness (QED) is 0.645. The lowest BCUT2D eigenvalue weighted by atomic mass is 10.0. The summed E-state index contributed by atoms with van der Waals surface area (Å²) in [6, 6.07) is 20.7. The second-order valence-electron chi connectivity index (χ2n) is 7.49. The van der Waals surface area contributed by atoms with Crippen LogP contribution in [0.3, 0.4) is 0 Å². The summed E-state index contributed by atoms with van der Waals surface area (Å²) >= 11 is 0. The molecule has 0 fully saturated rings. The number of nitrogens with one attached hydrogen (secondary N) is 1. The zero-order valence-corrected chi connectivity index (χ0v) is 17.5. The Morgan fingerprint density at radius 1 is 0.900 bits per heavy atom. The molecule has 0 unspecified atom stereocenters. The molecule has 0 saturated heterocycles. The molecule has 2 amide bonds. The number of benzene rings is 3. The van der Waals surface area contributed by atoms with Crippen molar-refractivity contribution < 1.29 is 14.7 Å². The summed E-state index contributed by atoms with van der Waals surface area (Å²) in [5.74, 6) is -0.791. The van der Waals surface area contributed by atoms with Crippen LogP contribution in [-0.2, 0) is 11.2 Å². The van der Waals surface area contributed by atoms with Crippen LogP contribution in [0.4, 0.5) is 5.69 Å². The number of hydrogen-bond acceptors (Lipinski definition) is 3. The standard InChI is InChI=1S/C25H26N2O3/c1-17-8-7-9-18(2)24(17)26-23(29)16-27(3)25(30)21-15-20(12-13-22(21)28)14-19-10-5-4-6-11-19/h4-13,15,28H,14,16H2,1-3H3,(H,26,29). The molecule has 3 aromatic carbocycles. The molecule has 0 aliphatic carbocycles. The normalized spacial score (nSPS) is 10.5. The molecule has 0 spiro atoms. The maximum atomic E-state index is 12.9. The molecule has 5 nitrogen and oxygen atoms in total. The number of para-hydroxylation sites is 1. The van der Waals surface area contributed by atoms with Crippen molar-refractivity contribution in [2.75, 3.05) is 18.9 Å². The van der Waals surface area contributed by atoms with Gasteiger partial charge < -0.3 is 15.3 Å². The van der Waals surface area contributed by atoms with Crippen molar-refractivity contribution in [1.82, 2.24) is 4.90 Å². The van der Waals surface area contributed by atoms with Gasteiger partial charge in [0.25, 0.3) is 5.91 Å². The largest absolute Gasteiger partial charge is 0.507 e. The van der Waals surface area contributed by atoms with Crippen LogP contribution in [-0.4, -0.2) is 35.4 Å². The van der Waals surface area contributed by atoms with Crippen molar-refractivity contribution in [3.8, 4) is 5.75 Å². The van der Waals surface area contributed by atoms with E-state index in [0.29, 0.717) is 6.42 Å². The van der Waals surface area contributed by atoms with Crippen molar-refractivity contribution >= 4 is 17.5 Å². The summed E-state index contributed by atoms with van der Waals surface area (Å²) in [7, 11) is 1.55. The molecule has 5 heteroatoms. The summed E-state index contributed by atoms with van der Waals surface area (Å²) in [4.78, 5) is 26.7. The minimum atomic E-state index is -0.404. The van der Waals surface area contributed by atoms with Crippen molar-refractivity contribution in [1.29, 1.82) is 0 Å². The number of hydrogen-bond donors (Lipinski definition) is 2. The summed E-state index contributed by atoms with van der Waals surface area (Å²) in [6.45, 7) is 3.73. The number of nitrogens with zero attached hydrogens (tertiary/aromatic N) is 1. The molecule has 0 saturated carbocycles. The first-order chi connectivity index (χ1) is 14.3. The van der Waals surface area contributed by atoms with E-state index in [1.165, 1.54) is 11.0 Å². The van der Waals surface area contributed by atoms with Crippen LogP contribution in [0.25, 0.3) is 0 Å². The van der Waals surface area contributed by atoms with E-state index in [-0.39, 0.29) is 23.8 Å². The maximum absolute atomic E-state index is 12.9. The molecule has 0 radical (unpaired) electrons. The first-order valence-corrected chi connectivity index (χ1v) is 9.82. The Hall–Kier alpha value is -3.60. The summed E-state index contributed by atoms with van der Waals surface area (Å²) in [6.07, 6.45) is 0.651. The van der Waals surface area contributed by atoms with Crippen LogP contribution in [0.15, 0.2) is 66.7 Å². The first-order valence-electron chi connectivity index (χ1n) is 9.82. The van der Waals surface area contributed by atoms with Crippen molar-refractivity contribution in [3.63, 3.8) is 0 Å². The molecule has 0 aliphatic rings. The van der Waals surface area contributed by atoms with Gasteiger partial charge in [-0.3, -0.25) is 9.59 Å². The molecule has 2 N–H and O–H groups in total. The van der Waals surface area contributed by atoms with E-state index in [9.17, 15) is 14.7 Å². The number of likely N-dealkylation sites (N-methyl/N-ethyl adjacent to an activating group) is 1. The lowest BCUT2D eigenvalue weighted by molar-refractivity contribution is -0.116. The predicted octanol–water partition coefficient (Wildman–Crippen LogP) is 4.31. The monoisotopic (exact) mass is 402 g/mol. The predicted molar refractivity (Wildman–Crippen MR) is 119 cm³/mol. The highest BCUT2D eigenvalue weighted by Crippen LogP contribution is 2.22. The Kier molecular flexibility index (Phi) is 6.52. The molecule has 0 heterocycles. The fourth-order valence-corrected chi connectivity index (χ4v) is 3.38. The highest BCUT2D eigenvalue weighted by Gasteiger charge is 2.19. The van der Waals surface area contributed by atoms with Gasteiger partial charge in [-0.2, -0.15) is 0 Å². The fourth-order valence-electron chi connectivity index (χ4n) is 3.38. The number of phenolic OH excluding ortho intramolecular Hbond substituents is 1. The number of amides is 2. The number of aromatic hydroxyl groups is 1. The Balaban J connectivity index is 1.70. The third-order valence-corrected chi connectivity index (χ3v) is 5.02. The Morgan fingerprint density at radius 3 is 2.23 bits per heavy atom. The van der Waals surface area contributed by atoms with Crippen LogP contribution < -0.4 is 5.32 Å². The highest BCUT2D eigenvalue weighted by molar-refractivity contribution is 6.01. The maximum Gasteiger partial charge on any atom is 0.257 e. The Morgan fingerprint density at radius 2 is 1.57 bits per heavy atom. The van der Waals surface area contributed by atoms with E-state index >= 15 is 0 Å². The average molecular weight is 402 g/mol. The average Bonchev–Trinajstić information content (AvgIpc) is 2.72. The Labute approximate surface area is 177 Å². The molecule has 3 rings (SSSR count). The van der Waals surface area contributed by atoms with Gasteiger partial charge in [0.2, 0.25) is 5.91 Å². The van der Waals surface area contributed by atoms with E-state index in [0.717, 1.165) is 27.9 Å². The van der Waals surface area contributed by atoms with Crippen LogP contribution >= 0.6 is 0 Å². The van der Waals surface area contributed by atoms with Gasteiger partial charge in [-0.05, 0) is 54.7 Å². The van der Waals surface area contributed by atoms with Gasteiger partial charge in [0.05, 0.1) is 12.1 Å². The topological polar surface area (TPSA) is 69.6 Å². The lowest BCUT2D eigenvalue weighted by Crippen LogP contribution is -2.35. The smallest absolute Gasteiger partial charge is 0.257 e. The van der Waals surface area contributed by atoms with Gasteiger partial charge in [-0.25, -0.2) is 0 Å². The highest BCUT2D eigenvalue weighted by atomic mass is 16.3. The van der Waals surface area contributed by atoms with Crippen LogP contribution in [0.1, 0.15) is 32.6 Å². The Bertz CT molecular complexity index is 1040. The number of rotatable bonds is 6. The van der Waals surface area contributed by atoms with Crippen molar-refractivity contribution in [2.45, 2.75) is 20.3 Å². The second kappa shape index (κ2) is 9.27. The summed E-state index contributed by atoms with van der Waals surface area (Å²) < 4.78 is 0. The van der Waals surface area contributed by atoms with Crippen LogP contribution in [0, 0.1) is 13.8 Å². The summed E-state index contributed by atoms with van der Waals surface area (Å²) in [5, 5.41) is 13.1. The van der Waals surface area contributed by atoms with Gasteiger partial charge in [0.15, 0.2) is 0 Å². The molecule has 30 heavy (non-hydrogen) atoms. The number of phenols is 1. The minimum Gasteiger partial charge on any atom is -0.507 e. The summed E-state index contributed by atoms with van der Waals surface area (Å²) in [5.41, 5.74) is 4.90. The second-order valence-corrected chi connectivity index (χ2v) is 7.49. The van der Waals surface area contributed by atoms with E-state index in [2.05, 4.69) is 5.32 Å². The van der Waals surface area contributed by atoms with Gasteiger partial charge in [0, 0.05) is 12.7 Å². The van der Waals surface area contributed by atoms with Crippen molar-refractivity contribution in [3.05, 3.63) is 94.5 Å². The van der Waals surface area contributed by atoms with Crippen LogP contribution in [0.2, 0.25) is 0 Å². The van der Waals surface area contributed by atoms with E-state index in [4.69, 9.17) is 0 Å². The molecule has 0 atom stereocenters. The molecule has 154 valence electrons. The van der Waals surface area contributed by atoms with Gasteiger partial charge in [-0.1, -0.05) is 54.6 Å². The third-order valence-electron chi connectivity index (χ3n) is 5.02. The third kappa shape index (κ3) is 5.06. The first kappa shape index (κ1) is 21.1. The van der Waals surface area contributed by atoms with Crippen LogP contribution in [0.5, 0.6) is 5.75 Å². The number of anilines is 1. The van der Waals surface area contributed by atoms with Gasteiger partial charge in [0.1, 0.15) is 5.75 Å². The molecular weight excluding hydrogens is 376 g/mol. The van der Waals surface area contributed by atoms with Gasteiger partial charge >= 0.3 is 0 Å². The van der Waals surface area contributed by atoms with Crippen molar-refractivity contribution in [2.24, 2.45) is 0 Å². The molecule has 0 aliphatic heterocycles. The van der Waals surface area contributed by atoms with E-state index in [1.807, 2.05) is 62.4 Å². The number of carbonyl (C=O) groups excluding carboxylic acids is 2. The molecule has 0 aromatic heterocycles. The fraction of sp³-hybridized carbons (Fsp3) is 0.200. The lowest BCUT2D eigenvalue weighted by Gasteiger charge is -2.19. The molecular formula is C25H26N2O3. The van der Waals surface area contributed by atoms with E-state index in [1.54, 1.807) is 19.2 Å². The SMILES string of the molecule is Cc1cccc(C)c1NC(=O)CN(C)C(=O)c1cc(Cc2ccccc2)ccc1O. The number of carbonyl (C=O) groups is 2. The van der Waals surface area contributed by atoms with Gasteiger partial charge in [-0.15, -0.1) is 0 Å². The molecule has 3 aromatic rings. The zero-order valence-electron chi connectivity index (χ0n) is 17.5. The zero-order chi connectivity index (χ0) is 21.7. The minimum absolute atomic E-state index is 0.0983. The molecule has 0 bridgehead atoms. The van der Waals surface area contributed by atoms with E-state index < -0.39 is 5.91 Å². The number of aryl methyl sites for hydroxylation is 2.